The van der Waals surface area contributed by atoms with Crippen molar-refractivity contribution in [1.29, 1.82) is 0 Å². The molecule has 0 aliphatic carbocycles. The average molecular weight is 428 g/mol. The predicted molar refractivity (Wildman–Crippen MR) is 96.3 cm³/mol. The highest BCUT2D eigenvalue weighted by atomic mass is 79.9. The van der Waals surface area contributed by atoms with Crippen LogP contribution >= 0.6 is 15.9 Å². The Morgan fingerprint density at radius 2 is 2.08 bits per heavy atom. The van der Waals surface area contributed by atoms with E-state index < -0.39 is 9.84 Å². The van der Waals surface area contributed by atoms with Crippen LogP contribution in [0, 0.1) is 0 Å². The highest BCUT2D eigenvalue weighted by Gasteiger charge is 2.36. The summed E-state index contributed by atoms with van der Waals surface area (Å²) in [7, 11) is -1.62. The number of para-hydroxylation sites is 1. The Labute approximate surface area is 154 Å². The summed E-state index contributed by atoms with van der Waals surface area (Å²) >= 11 is 3.24. The fourth-order valence-electron chi connectivity index (χ4n) is 2.97. The molecule has 1 aliphatic heterocycles. The maximum Gasteiger partial charge on any atom is 0.258 e. The number of nitrogens with zero attached hydrogens (tertiary/aromatic N) is 1. The molecule has 1 aromatic carbocycles. The van der Waals surface area contributed by atoms with Crippen molar-refractivity contribution in [3.8, 4) is 5.75 Å². The summed E-state index contributed by atoms with van der Waals surface area (Å²) in [4.78, 5) is 14.7. The largest absolute Gasteiger partial charge is 0.496 e. The minimum atomic E-state index is -3.12. The monoisotopic (exact) mass is 427 g/mol. The van der Waals surface area contributed by atoms with Gasteiger partial charge in [-0.3, -0.25) is 4.79 Å². The fraction of sp³-hybridized carbons (Fsp3) is 0.353. The molecule has 3 rings (SSSR count). The van der Waals surface area contributed by atoms with Crippen LogP contribution < -0.4 is 4.74 Å². The van der Waals surface area contributed by atoms with Gasteiger partial charge >= 0.3 is 0 Å². The Hall–Kier alpha value is -1.80. The number of carbonyl (C=O) groups excluding carboxylic acids is 1. The number of rotatable bonds is 5. The molecular formula is C17H18BrNO5S. The van der Waals surface area contributed by atoms with Gasteiger partial charge in [0.25, 0.3) is 5.91 Å². The van der Waals surface area contributed by atoms with E-state index >= 15 is 0 Å². The Kier molecular flexibility index (Phi) is 5.19. The second-order valence-electron chi connectivity index (χ2n) is 5.90. The summed E-state index contributed by atoms with van der Waals surface area (Å²) in [6.07, 6.45) is 0.422. The van der Waals surface area contributed by atoms with Gasteiger partial charge in [-0.05, 0) is 46.6 Å². The van der Waals surface area contributed by atoms with Gasteiger partial charge in [0.1, 0.15) is 11.5 Å². The van der Waals surface area contributed by atoms with Crippen molar-refractivity contribution in [1.82, 2.24) is 4.90 Å². The van der Waals surface area contributed by atoms with Gasteiger partial charge in [0.05, 0.1) is 30.7 Å². The zero-order valence-corrected chi connectivity index (χ0v) is 16.0. The van der Waals surface area contributed by atoms with E-state index in [0.717, 1.165) is 0 Å². The summed E-state index contributed by atoms with van der Waals surface area (Å²) in [5, 5.41) is 0. The van der Waals surface area contributed by atoms with Crippen molar-refractivity contribution in [2.45, 2.75) is 19.0 Å². The van der Waals surface area contributed by atoms with Crippen LogP contribution in [0.2, 0.25) is 0 Å². The quantitative estimate of drug-likeness (QED) is 0.732. The highest BCUT2D eigenvalue weighted by molar-refractivity contribution is 9.10. The lowest BCUT2D eigenvalue weighted by Crippen LogP contribution is -2.40. The van der Waals surface area contributed by atoms with E-state index in [2.05, 4.69) is 15.9 Å². The summed E-state index contributed by atoms with van der Waals surface area (Å²) in [6.45, 7) is 0.197. The summed E-state index contributed by atoms with van der Waals surface area (Å²) < 4.78 is 35.1. The van der Waals surface area contributed by atoms with Crippen molar-refractivity contribution < 1.29 is 22.4 Å². The summed E-state index contributed by atoms with van der Waals surface area (Å²) in [5.74, 6) is 0.829. The molecule has 1 fully saturated rings. The number of ether oxygens (including phenoxy) is 1. The second kappa shape index (κ2) is 7.21. The number of methoxy groups -OCH3 is 1. The van der Waals surface area contributed by atoms with E-state index in [-0.39, 0.29) is 30.0 Å². The topological polar surface area (TPSA) is 76.8 Å². The number of hydrogen-bond donors (Lipinski definition) is 0. The standard InChI is InChI=1S/C17H18BrNO5S/c1-23-15-5-3-2-4-14(15)17(20)19(10-13-6-7-16(18)24-13)12-8-9-25(21,22)11-12/h2-7,12H,8-11H2,1H3/t12-/m1/s1. The molecule has 134 valence electrons. The lowest BCUT2D eigenvalue weighted by atomic mass is 10.1. The Bertz CT molecular complexity index is 877. The molecule has 2 heterocycles. The third-order valence-corrected chi connectivity index (χ3v) is 6.38. The first-order valence-electron chi connectivity index (χ1n) is 7.78. The van der Waals surface area contributed by atoms with E-state index in [1.54, 1.807) is 41.3 Å². The minimum absolute atomic E-state index is 0.0320. The molecule has 8 heteroatoms. The molecule has 0 unspecified atom stereocenters. The van der Waals surface area contributed by atoms with E-state index in [0.29, 0.717) is 28.2 Å². The van der Waals surface area contributed by atoms with Gasteiger partial charge in [0.2, 0.25) is 0 Å². The van der Waals surface area contributed by atoms with Crippen LogP contribution in [0.4, 0.5) is 0 Å². The molecule has 1 aliphatic rings. The number of hydrogen-bond acceptors (Lipinski definition) is 5. The molecule has 0 N–H and O–H groups in total. The molecule has 0 radical (unpaired) electrons. The number of amides is 1. The van der Waals surface area contributed by atoms with Crippen LogP contribution in [0.25, 0.3) is 0 Å². The van der Waals surface area contributed by atoms with Gasteiger partial charge in [-0.1, -0.05) is 12.1 Å². The molecule has 1 amide bonds. The number of carbonyl (C=O) groups is 1. The van der Waals surface area contributed by atoms with Crippen LogP contribution in [-0.2, 0) is 16.4 Å². The predicted octanol–water partition coefficient (Wildman–Crippen LogP) is 2.88. The zero-order chi connectivity index (χ0) is 18.0. The van der Waals surface area contributed by atoms with Crippen molar-refractivity contribution in [3.05, 3.63) is 52.4 Å². The lowest BCUT2D eigenvalue weighted by Gasteiger charge is -2.28. The Morgan fingerprint density at radius 1 is 1.32 bits per heavy atom. The molecule has 2 aromatic rings. The Morgan fingerprint density at radius 3 is 2.68 bits per heavy atom. The van der Waals surface area contributed by atoms with Crippen LogP contribution in [0.15, 0.2) is 45.5 Å². The van der Waals surface area contributed by atoms with Gasteiger partial charge in [0.15, 0.2) is 14.5 Å². The van der Waals surface area contributed by atoms with Crippen LogP contribution in [0.5, 0.6) is 5.75 Å². The lowest BCUT2D eigenvalue weighted by molar-refractivity contribution is 0.0662. The van der Waals surface area contributed by atoms with Crippen molar-refractivity contribution in [2.24, 2.45) is 0 Å². The molecular weight excluding hydrogens is 410 g/mol. The molecule has 25 heavy (non-hydrogen) atoms. The second-order valence-corrected chi connectivity index (χ2v) is 8.91. The van der Waals surface area contributed by atoms with E-state index in [1.165, 1.54) is 7.11 Å². The molecule has 0 saturated carbocycles. The zero-order valence-electron chi connectivity index (χ0n) is 13.6. The molecule has 1 aromatic heterocycles. The summed E-state index contributed by atoms with van der Waals surface area (Å²) in [6, 6.07) is 10.0. The number of halogens is 1. The van der Waals surface area contributed by atoms with Gasteiger partial charge in [-0.15, -0.1) is 0 Å². The Balaban J connectivity index is 1.94. The first-order chi connectivity index (χ1) is 11.9. The summed E-state index contributed by atoms with van der Waals surface area (Å²) in [5.41, 5.74) is 0.403. The van der Waals surface area contributed by atoms with Crippen LogP contribution in [0.3, 0.4) is 0 Å². The molecule has 1 saturated heterocycles. The van der Waals surface area contributed by atoms with E-state index in [1.807, 2.05) is 0 Å². The third-order valence-electron chi connectivity index (χ3n) is 4.20. The van der Waals surface area contributed by atoms with Crippen LogP contribution in [0.1, 0.15) is 22.5 Å². The normalized spacial score (nSPS) is 18.9. The van der Waals surface area contributed by atoms with Crippen LogP contribution in [-0.4, -0.2) is 43.9 Å². The van der Waals surface area contributed by atoms with Crippen molar-refractivity contribution >= 4 is 31.7 Å². The fourth-order valence-corrected chi connectivity index (χ4v) is 5.04. The smallest absolute Gasteiger partial charge is 0.258 e. The highest BCUT2D eigenvalue weighted by Crippen LogP contribution is 2.27. The van der Waals surface area contributed by atoms with Crippen molar-refractivity contribution in [3.63, 3.8) is 0 Å². The van der Waals surface area contributed by atoms with Crippen molar-refractivity contribution in [2.75, 3.05) is 18.6 Å². The maximum atomic E-state index is 13.1. The van der Waals surface area contributed by atoms with Gasteiger partial charge in [0, 0.05) is 6.04 Å². The molecule has 0 bridgehead atoms. The minimum Gasteiger partial charge on any atom is -0.496 e. The van der Waals surface area contributed by atoms with E-state index in [9.17, 15) is 13.2 Å². The SMILES string of the molecule is COc1ccccc1C(=O)N(Cc1ccc(Br)o1)[C@@H]1CCS(=O)(=O)C1. The number of sulfone groups is 1. The number of furan rings is 1. The molecule has 6 nitrogen and oxygen atoms in total. The molecule has 0 spiro atoms. The number of benzene rings is 1. The van der Waals surface area contributed by atoms with E-state index in [4.69, 9.17) is 9.15 Å². The van der Waals surface area contributed by atoms with Gasteiger partial charge in [-0.25, -0.2) is 8.42 Å². The first-order valence-corrected chi connectivity index (χ1v) is 10.4. The first kappa shape index (κ1) is 18.0. The maximum absolute atomic E-state index is 13.1. The molecule has 1 atom stereocenters. The van der Waals surface area contributed by atoms with Gasteiger partial charge in [-0.2, -0.15) is 0 Å². The van der Waals surface area contributed by atoms with Gasteiger partial charge < -0.3 is 14.1 Å². The average Bonchev–Trinajstić information content (AvgIpc) is 3.16. The third kappa shape index (κ3) is 4.07.